The van der Waals surface area contributed by atoms with Crippen LogP contribution in [-0.2, 0) is 26.2 Å². The van der Waals surface area contributed by atoms with Crippen molar-refractivity contribution in [2.45, 2.75) is 82.6 Å². The predicted octanol–water partition coefficient (Wildman–Crippen LogP) is 7.85. The highest BCUT2D eigenvalue weighted by Crippen LogP contribution is 2.41. The normalized spacial score (nSPS) is 15.9. The van der Waals surface area contributed by atoms with E-state index in [0.29, 0.717) is 23.0 Å². The molecule has 0 bridgehead atoms. The van der Waals surface area contributed by atoms with Gasteiger partial charge >= 0.3 is 7.12 Å². The molecule has 9 nitrogen and oxygen atoms in total. The highest BCUT2D eigenvalue weighted by Gasteiger charge is 2.50. The summed E-state index contributed by atoms with van der Waals surface area (Å²) in [6.07, 6.45) is 3.14. The molecule has 1 atom stereocenters. The summed E-state index contributed by atoms with van der Waals surface area (Å²) in [6, 6.07) is 37.9. The molecule has 1 aromatic heterocycles. The van der Waals surface area contributed by atoms with Crippen LogP contribution in [-0.4, -0.2) is 44.4 Å². The zero-order valence-corrected chi connectivity index (χ0v) is 29.8. The minimum absolute atomic E-state index is 0.0634. The summed E-state index contributed by atoms with van der Waals surface area (Å²) >= 11 is 6.05. The van der Waals surface area contributed by atoms with Crippen molar-refractivity contribution in [3.05, 3.63) is 143 Å². The smallest absolute Gasteiger partial charge is 0.403 e. The van der Waals surface area contributed by atoms with Crippen molar-refractivity contribution in [2.75, 3.05) is 5.32 Å². The molecule has 0 radical (unpaired) electrons. The van der Waals surface area contributed by atoms with Gasteiger partial charge in [-0.1, -0.05) is 115 Å². The maximum Gasteiger partial charge on any atom is 0.457 e. The van der Waals surface area contributed by atoms with Gasteiger partial charge in [-0.15, -0.1) is 5.10 Å². The summed E-state index contributed by atoms with van der Waals surface area (Å²) in [4.78, 5) is 13.3. The Hall–Kier alpha value is -4.35. The van der Waals surface area contributed by atoms with Gasteiger partial charge in [-0.05, 0) is 91.8 Å². The lowest BCUT2D eigenvalue weighted by Crippen LogP contribution is -2.47. The van der Waals surface area contributed by atoms with Gasteiger partial charge in [0.1, 0.15) is 6.54 Å². The molecule has 5 aromatic rings. The number of anilines is 1. The quantitative estimate of drug-likeness (QED) is 0.0695. The number of nitrogens with one attached hydrogen (secondary N) is 2. The third kappa shape index (κ3) is 7.84. The molecule has 1 aliphatic rings. The highest BCUT2D eigenvalue weighted by atomic mass is 35.5. The van der Waals surface area contributed by atoms with Crippen LogP contribution in [0.25, 0.3) is 0 Å². The van der Waals surface area contributed by atoms with E-state index in [-0.39, 0.29) is 36.8 Å². The molecule has 0 aliphatic carbocycles. The van der Waals surface area contributed by atoms with Crippen LogP contribution in [0.2, 0.25) is 11.3 Å². The number of tetrazole rings is 1. The van der Waals surface area contributed by atoms with Crippen molar-refractivity contribution in [2.24, 2.45) is 0 Å². The van der Waals surface area contributed by atoms with Gasteiger partial charge in [0.25, 0.3) is 0 Å². The minimum atomic E-state index is -0.775. The lowest BCUT2D eigenvalue weighted by molar-refractivity contribution is -0.117. The Balaban J connectivity index is 1.34. The van der Waals surface area contributed by atoms with Crippen molar-refractivity contribution >= 4 is 30.3 Å². The molecule has 2 N–H and O–H groups in total. The van der Waals surface area contributed by atoms with Crippen molar-refractivity contribution in [3.8, 4) is 0 Å². The van der Waals surface area contributed by atoms with E-state index in [0.717, 1.165) is 35.9 Å². The number of aromatic nitrogens is 4. The van der Waals surface area contributed by atoms with Gasteiger partial charge in [-0.25, -0.2) is 4.68 Å². The molecular formula is C39H44BClN6O3. The first-order valence-electron chi connectivity index (χ1n) is 17.2. The van der Waals surface area contributed by atoms with Crippen LogP contribution >= 0.6 is 11.6 Å². The van der Waals surface area contributed by atoms with Crippen LogP contribution in [0, 0.1) is 0 Å². The van der Waals surface area contributed by atoms with E-state index in [1.54, 1.807) is 28.9 Å². The average Bonchev–Trinajstić information content (AvgIpc) is 3.65. The molecule has 1 amide bonds. The van der Waals surface area contributed by atoms with Gasteiger partial charge in [0.2, 0.25) is 5.91 Å². The van der Waals surface area contributed by atoms with Crippen molar-refractivity contribution in [1.29, 1.82) is 0 Å². The summed E-state index contributed by atoms with van der Waals surface area (Å²) < 4.78 is 14.2. The Labute approximate surface area is 299 Å². The van der Waals surface area contributed by atoms with Crippen molar-refractivity contribution < 1.29 is 14.1 Å². The van der Waals surface area contributed by atoms with Crippen LogP contribution in [0.5, 0.6) is 0 Å². The molecule has 4 aromatic carbocycles. The number of carbonyl (C=O) groups excluding carboxylic acids is 1. The second-order valence-electron chi connectivity index (χ2n) is 13.8. The molecule has 258 valence electrons. The third-order valence-electron chi connectivity index (χ3n) is 9.79. The van der Waals surface area contributed by atoms with E-state index in [2.05, 4.69) is 127 Å². The van der Waals surface area contributed by atoms with E-state index < -0.39 is 5.54 Å². The van der Waals surface area contributed by atoms with Crippen LogP contribution < -0.4 is 10.6 Å². The number of hydrogen-bond donors (Lipinski definition) is 2. The topological polar surface area (TPSA) is 103 Å². The Morgan fingerprint density at radius 3 is 1.84 bits per heavy atom. The first kappa shape index (κ1) is 35.5. The van der Waals surface area contributed by atoms with E-state index in [9.17, 15) is 4.79 Å². The number of hydrogen-bond acceptors (Lipinski definition) is 7. The first-order valence-corrected chi connectivity index (χ1v) is 17.6. The molecule has 50 heavy (non-hydrogen) atoms. The standard InChI is InChI=1S/C39H44BClN6O3/c1-37(2)38(3,4)50-40(49-37)27-15-14-22-34(36-44-45-46-47(36)28-35(48)42-33-25-23-32(41)24-26-33)43-39(29-16-8-5-9-17-29,30-18-10-6-11-19-30)31-20-12-7-13-21-31/h5-13,16-21,23-26,34,43H,14-15,22,27-28H2,1-4H3,(H,42,48). The number of halogens is 1. The van der Waals surface area contributed by atoms with Gasteiger partial charge in [0, 0.05) is 10.7 Å². The zero-order valence-electron chi connectivity index (χ0n) is 29.1. The predicted molar refractivity (Wildman–Crippen MR) is 198 cm³/mol. The van der Waals surface area contributed by atoms with Gasteiger partial charge in [0.05, 0.1) is 22.8 Å². The third-order valence-corrected chi connectivity index (χ3v) is 10.0. The summed E-state index contributed by atoms with van der Waals surface area (Å²) in [7, 11) is -0.273. The highest BCUT2D eigenvalue weighted by molar-refractivity contribution is 6.45. The SMILES string of the molecule is CC1(C)OB(CCCCC(NC(c2ccccc2)(c2ccccc2)c2ccccc2)c2nnnn2CC(=O)Nc2ccc(Cl)cc2)OC1(C)C. The van der Waals surface area contributed by atoms with Gasteiger partial charge in [0.15, 0.2) is 5.82 Å². The van der Waals surface area contributed by atoms with E-state index in [4.69, 9.17) is 20.9 Å². The largest absolute Gasteiger partial charge is 0.457 e. The molecule has 2 heterocycles. The maximum atomic E-state index is 13.3. The molecule has 0 spiro atoms. The lowest BCUT2D eigenvalue weighted by atomic mass is 9.76. The fourth-order valence-corrected chi connectivity index (χ4v) is 6.65. The first-order chi connectivity index (χ1) is 24.1. The number of nitrogens with zero attached hydrogens (tertiary/aromatic N) is 4. The van der Waals surface area contributed by atoms with Crippen LogP contribution in [0.15, 0.2) is 115 Å². The molecule has 1 unspecified atom stereocenters. The van der Waals surface area contributed by atoms with Gasteiger partial charge < -0.3 is 14.6 Å². The Morgan fingerprint density at radius 1 is 0.800 bits per heavy atom. The zero-order chi connectivity index (χ0) is 35.2. The second kappa shape index (κ2) is 15.3. The summed E-state index contributed by atoms with van der Waals surface area (Å²) in [5.41, 5.74) is 2.32. The van der Waals surface area contributed by atoms with E-state index >= 15 is 0 Å². The fraction of sp³-hybridized carbons (Fsp3) is 0.333. The molecule has 1 saturated heterocycles. The molecule has 6 rings (SSSR count). The minimum Gasteiger partial charge on any atom is -0.403 e. The molecule has 11 heteroatoms. The Morgan fingerprint density at radius 2 is 1.32 bits per heavy atom. The number of amides is 1. The van der Waals surface area contributed by atoms with Crippen molar-refractivity contribution in [3.63, 3.8) is 0 Å². The summed E-state index contributed by atoms with van der Waals surface area (Å²) in [5.74, 6) is 0.319. The maximum absolute atomic E-state index is 13.3. The summed E-state index contributed by atoms with van der Waals surface area (Å²) in [6.45, 7) is 8.24. The monoisotopic (exact) mass is 690 g/mol. The van der Waals surface area contributed by atoms with Crippen LogP contribution in [0.3, 0.4) is 0 Å². The number of benzene rings is 4. The molecule has 0 saturated carbocycles. The number of carbonyl (C=O) groups is 1. The Bertz CT molecular complexity index is 1730. The van der Waals surface area contributed by atoms with E-state index in [1.807, 2.05) is 18.2 Å². The molecule has 1 fully saturated rings. The average molecular weight is 691 g/mol. The molecular weight excluding hydrogens is 647 g/mol. The fourth-order valence-electron chi connectivity index (χ4n) is 6.53. The lowest BCUT2D eigenvalue weighted by Gasteiger charge is -2.40. The number of rotatable bonds is 14. The van der Waals surface area contributed by atoms with E-state index in [1.165, 1.54) is 0 Å². The number of unbranched alkanes of at least 4 members (excludes halogenated alkanes) is 1. The van der Waals surface area contributed by atoms with Crippen molar-refractivity contribution in [1.82, 2.24) is 25.5 Å². The summed E-state index contributed by atoms with van der Waals surface area (Å²) in [5, 5.41) is 20.5. The second-order valence-corrected chi connectivity index (χ2v) is 14.2. The van der Waals surface area contributed by atoms with Gasteiger partial charge in [-0.3, -0.25) is 10.1 Å². The Kier molecular flexibility index (Phi) is 10.8. The van der Waals surface area contributed by atoms with Crippen LogP contribution in [0.4, 0.5) is 5.69 Å². The van der Waals surface area contributed by atoms with Crippen LogP contribution in [0.1, 0.15) is 75.5 Å². The van der Waals surface area contributed by atoms with Gasteiger partial charge in [-0.2, -0.15) is 0 Å². The molecule has 1 aliphatic heterocycles.